The Morgan fingerprint density at radius 2 is 2.12 bits per heavy atom. The Balaban J connectivity index is 1.64. The third kappa shape index (κ3) is 3.70. The summed E-state index contributed by atoms with van der Waals surface area (Å²) in [5, 5.41) is 8.31. The second-order valence-electron chi connectivity index (χ2n) is 6.33. The highest BCUT2D eigenvalue weighted by molar-refractivity contribution is 6.30. The van der Waals surface area contributed by atoms with Gasteiger partial charge in [-0.05, 0) is 38.4 Å². The molecule has 130 valence electrons. The zero-order valence-electron chi connectivity index (χ0n) is 13.8. The number of nitrogens with one attached hydrogen (secondary N) is 1. The van der Waals surface area contributed by atoms with Crippen LogP contribution in [0.2, 0.25) is 5.15 Å². The number of likely N-dealkylation sites (tertiary alicyclic amines) is 1. The van der Waals surface area contributed by atoms with E-state index in [1.165, 1.54) is 6.07 Å². The molecule has 24 heavy (non-hydrogen) atoms. The molecule has 1 aliphatic heterocycles. The number of rotatable bonds is 4. The smallest absolute Gasteiger partial charge is 0.160 e. The molecule has 0 spiro atoms. The van der Waals surface area contributed by atoms with Crippen molar-refractivity contribution >= 4 is 17.3 Å². The van der Waals surface area contributed by atoms with Crippen LogP contribution in [0.3, 0.4) is 0 Å². The van der Waals surface area contributed by atoms with Crippen molar-refractivity contribution in [2.45, 2.75) is 32.4 Å². The van der Waals surface area contributed by atoms with Crippen LogP contribution in [0, 0.1) is 18.6 Å². The maximum absolute atomic E-state index is 13.3. The average molecular weight is 355 g/mol. The minimum atomic E-state index is -0.828. The van der Waals surface area contributed by atoms with Gasteiger partial charge in [0.2, 0.25) is 0 Å². The van der Waals surface area contributed by atoms with Crippen molar-refractivity contribution in [1.82, 2.24) is 14.7 Å². The van der Waals surface area contributed by atoms with Gasteiger partial charge in [0.25, 0.3) is 0 Å². The Morgan fingerprint density at radius 1 is 1.33 bits per heavy atom. The molecule has 1 saturated heterocycles. The van der Waals surface area contributed by atoms with Crippen LogP contribution in [0.25, 0.3) is 0 Å². The van der Waals surface area contributed by atoms with E-state index in [0.717, 1.165) is 49.8 Å². The summed E-state index contributed by atoms with van der Waals surface area (Å²) in [5.74, 6) is -1.65. The standard InChI is InChI=1S/C17H21ClF2N4/c1-11-14(17(18)23(2)22-11)10-24-7-3-4-13(9-24)21-12-5-6-15(19)16(20)8-12/h5-6,8,13,21H,3-4,7,9-10H2,1-2H3. The average Bonchev–Trinajstić information content (AvgIpc) is 2.78. The second kappa shape index (κ2) is 7.07. The van der Waals surface area contributed by atoms with E-state index in [9.17, 15) is 8.78 Å². The van der Waals surface area contributed by atoms with Gasteiger partial charge in [-0.3, -0.25) is 9.58 Å². The molecule has 2 aromatic rings. The minimum absolute atomic E-state index is 0.194. The molecule has 7 heteroatoms. The Hall–Kier alpha value is -1.66. The number of nitrogens with zero attached hydrogens (tertiary/aromatic N) is 3. The molecule has 3 rings (SSSR count). The summed E-state index contributed by atoms with van der Waals surface area (Å²) in [6.45, 7) is 4.51. The fourth-order valence-electron chi connectivity index (χ4n) is 3.22. The molecule has 4 nitrogen and oxygen atoms in total. The SMILES string of the molecule is Cc1nn(C)c(Cl)c1CN1CCCC(Nc2ccc(F)c(F)c2)C1. The summed E-state index contributed by atoms with van der Waals surface area (Å²) in [6, 6.07) is 4.12. The number of aryl methyl sites for hydroxylation is 2. The van der Waals surface area contributed by atoms with Gasteiger partial charge in [-0.15, -0.1) is 0 Å². The van der Waals surface area contributed by atoms with Crippen LogP contribution in [0.4, 0.5) is 14.5 Å². The van der Waals surface area contributed by atoms with Gasteiger partial charge >= 0.3 is 0 Å². The van der Waals surface area contributed by atoms with Crippen molar-refractivity contribution in [2.24, 2.45) is 7.05 Å². The molecule has 1 N–H and O–H groups in total. The highest BCUT2D eigenvalue weighted by Gasteiger charge is 2.22. The largest absolute Gasteiger partial charge is 0.381 e. The van der Waals surface area contributed by atoms with Gasteiger partial charge in [0.15, 0.2) is 11.6 Å². The highest BCUT2D eigenvalue weighted by atomic mass is 35.5. The molecule has 1 atom stereocenters. The molecule has 0 saturated carbocycles. The minimum Gasteiger partial charge on any atom is -0.381 e. The van der Waals surface area contributed by atoms with Crippen LogP contribution in [-0.2, 0) is 13.6 Å². The Kier molecular flexibility index (Phi) is 5.06. The Labute approximate surface area is 145 Å². The number of piperidine rings is 1. The lowest BCUT2D eigenvalue weighted by molar-refractivity contribution is 0.208. The predicted molar refractivity (Wildman–Crippen MR) is 91.2 cm³/mol. The third-order valence-electron chi connectivity index (χ3n) is 4.45. The maximum atomic E-state index is 13.3. The normalized spacial score (nSPS) is 18.8. The lowest BCUT2D eigenvalue weighted by atomic mass is 10.0. The fraction of sp³-hybridized carbons (Fsp3) is 0.471. The molecule has 0 amide bonds. The predicted octanol–water partition coefficient (Wildman–Crippen LogP) is 3.74. The summed E-state index contributed by atoms with van der Waals surface area (Å²) in [5.41, 5.74) is 2.60. The summed E-state index contributed by atoms with van der Waals surface area (Å²) < 4.78 is 28.1. The molecular formula is C17H21ClF2N4. The fourth-order valence-corrected chi connectivity index (χ4v) is 3.45. The van der Waals surface area contributed by atoms with Crippen molar-refractivity contribution in [3.05, 3.63) is 46.2 Å². The summed E-state index contributed by atoms with van der Waals surface area (Å²) in [6.07, 6.45) is 2.04. The molecular weight excluding hydrogens is 334 g/mol. The lowest BCUT2D eigenvalue weighted by Gasteiger charge is -2.33. The van der Waals surface area contributed by atoms with Crippen LogP contribution in [0.15, 0.2) is 18.2 Å². The van der Waals surface area contributed by atoms with Gasteiger partial charge < -0.3 is 5.32 Å². The van der Waals surface area contributed by atoms with Gasteiger partial charge in [0, 0.05) is 43.5 Å². The van der Waals surface area contributed by atoms with Crippen molar-refractivity contribution in [3.8, 4) is 0 Å². The molecule has 1 aromatic heterocycles. The molecule has 1 unspecified atom stereocenters. The zero-order valence-corrected chi connectivity index (χ0v) is 14.6. The van der Waals surface area contributed by atoms with Gasteiger partial charge in [-0.25, -0.2) is 8.78 Å². The van der Waals surface area contributed by atoms with Gasteiger partial charge in [0.05, 0.1) is 5.69 Å². The summed E-state index contributed by atoms with van der Waals surface area (Å²) in [7, 11) is 1.84. The monoisotopic (exact) mass is 354 g/mol. The first-order valence-corrected chi connectivity index (χ1v) is 8.43. The molecule has 0 radical (unpaired) electrons. The van der Waals surface area contributed by atoms with Crippen LogP contribution in [-0.4, -0.2) is 33.8 Å². The van der Waals surface area contributed by atoms with E-state index in [0.29, 0.717) is 10.8 Å². The van der Waals surface area contributed by atoms with Crippen molar-refractivity contribution < 1.29 is 8.78 Å². The quantitative estimate of drug-likeness (QED) is 0.908. The molecule has 1 aromatic carbocycles. The van der Waals surface area contributed by atoms with Crippen LogP contribution in [0.1, 0.15) is 24.1 Å². The first-order valence-electron chi connectivity index (χ1n) is 8.06. The van der Waals surface area contributed by atoms with Gasteiger partial charge in [0.1, 0.15) is 5.15 Å². The Bertz CT molecular complexity index is 732. The van der Waals surface area contributed by atoms with E-state index in [4.69, 9.17) is 11.6 Å². The highest BCUT2D eigenvalue weighted by Crippen LogP contribution is 2.24. The first kappa shape index (κ1) is 17.2. The maximum Gasteiger partial charge on any atom is 0.160 e. The number of aromatic nitrogens is 2. The van der Waals surface area contributed by atoms with E-state index in [1.54, 1.807) is 10.7 Å². The zero-order chi connectivity index (χ0) is 17.3. The van der Waals surface area contributed by atoms with E-state index in [-0.39, 0.29) is 6.04 Å². The van der Waals surface area contributed by atoms with Crippen molar-refractivity contribution in [2.75, 3.05) is 18.4 Å². The van der Waals surface area contributed by atoms with E-state index in [2.05, 4.69) is 15.3 Å². The lowest BCUT2D eigenvalue weighted by Crippen LogP contribution is -2.41. The number of anilines is 1. The molecule has 1 aliphatic rings. The second-order valence-corrected chi connectivity index (χ2v) is 6.68. The van der Waals surface area contributed by atoms with Crippen LogP contribution < -0.4 is 5.32 Å². The topological polar surface area (TPSA) is 33.1 Å². The molecule has 1 fully saturated rings. The summed E-state index contributed by atoms with van der Waals surface area (Å²) in [4.78, 5) is 2.32. The number of hydrogen-bond donors (Lipinski definition) is 1. The molecule has 0 bridgehead atoms. The number of hydrogen-bond acceptors (Lipinski definition) is 3. The van der Waals surface area contributed by atoms with Crippen molar-refractivity contribution in [1.29, 1.82) is 0 Å². The number of halogens is 3. The molecule has 0 aliphatic carbocycles. The third-order valence-corrected chi connectivity index (χ3v) is 4.92. The van der Waals surface area contributed by atoms with E-state index >= 15 is 0 Å². The number of benzene rings is 1. The van der Waals surface area contributed by atoms with Gasteiger partial charge in [-0.1, -0.05) is 11.6 Å². The Morgan fingerprint density at radius 3 is 2.79 bits per heavy atom. The van der Waals surface area contributed by atoms with E-state index in [1.807, 2.05) is 14.0 Å². The summed E-state index contributed by atoms with van der Waals surface area (Å²) >= 11 is 6.31. The van der Waals surface area contributed by atoms with E-state index < -0.39 is 11.6 Å². The first-order chi connectivity index (χ1) is 11.4. The van der Waals surface area contributed by atoms with Gasteiger partial charge in [-0.2, -0.15) is 5.10 Å². The van der Waals surface area contributed by atoms with Crippen LogP contribution >= 0.6 is 11.6 Å². The van der Waals surface area contributed by atoms with Crippen molar-refractivity contribution in [3.63, 3.8) is 0 Å². The molecule has 2 heterocycles. The van der Waals surface area contributed by atoms with Crippen LogP contribution in [0.5, 0.6) is 0 Å².